The summed E-state index contributed by atoms with van der Waals surface area (Å²) in [5.74, 6) is 0. The Bertz CT molecular complexity index is 238. The first-order chi connectivity index (χ1) is 5.74. The number of alkyl halides is 2. The minimum absolute atomic E-state index is 0.206. The molecule has 0 spiro atoms. The number of nitrogens with zero attached hydrogens (tertiary/aromatic N) is 2. The Morgan fingerprint density at radius 2 is 2.17 bits per heavy atom. The summed E-state index contributed by atoms with van der Waals surface area (Å²) in [6.45, 7) is 0.545. The van der Waals surface area contributed by atoms with Crippen LogP contribution in [0, 0.1) is 0 Å². The second-order valence-electron chi connectivity index (χ2n) is 2.23. The Balaban J connectivity index is 2.52. The van der Waals surface area contributed by atoms with Crippen molar-refractivity contribution in [2.24, 2.45) is 5.73 Å². The predicted octanol–water partition coefficient (Wildman–Crippen LogP) is 1.37. The average molecular weight is 193 g/mol. The molecule has 0 unspecified atom stereocenters. The van der Waals surface area contributed by atoms with Gasteiger partial charge in [0.25, 0.3) is 6.43 Å². The standard InChI is InChI=1S/C6H9F2N3S/c7-5(8)6-11-10-4(12-6)2-1-3-9/h5H,1-3,9H2. The van der Waals surface area contributed by atoms with Crippen LogP contribution in [-0.2, 0) is 6.42 Å². The molecule has 68 valence electrons. The molecular weight excluding hydrogens is 184 g/mol. The summed E-state index contributed by atoms with van der Waals surface area (Å²) in [5.41, 5.74) is 5.25. The van der Waals surface area contributed by atoms with Gasteiger partial charge in [-0.25, -0.2) is 8.78 Å². The lowest BCUT2D eigenvalue weighted by Gasteiger charge is -1.89. The fraction of sp³-hybridized carbons (Fsp3) is 0.667. The van der Waals surface area contributed by atoms with Crippen LogP contribution in [0.15, 0.2) is 0 Å². The fourth-order valence-electron chi connectivity index (χ4n) is 0.709. The van der Waals surface area contributed by atoms with Gasteiger partial charge in [-0.2, -0.15) is 0 Å². The largest absolute Gasteiger partial charge is 0.330 e. The molecule has 3 nitrogen and oxygen atoms in total. The third-order valence-electron chi connectivity index (χ3n) is 1.26. The van der Waals surface area contributed by atoms with E-state index in [4.69, 9.17) is 5.73 Å². The molecule has 0 aliphatic heterocycles. The molecule has 1 aromatic rings. The zero-order chi connectivity index (χ0) is 8.97. The molecule has 0 saturated heterocycles. The Kier molecular flexibility index (Phi) is 3.48. The minimum atomic E-state index is -2.51. The molecule has 1 aromatic heterocycles. The highest BCUT2D eigenvalue weighted by Gasteiger charge is 2.13. The number of hydrogen-bond acceptors (Lipinski definition) is 4. The number of aromatic nitrogens is 2. The summed E-state index contributed by atoms with van der Waals surface area (Å²) in [7, 11) is 0. The van der Waals surface area contributed by atoms with Gasteiger partial charge in [0.2, 0.25) is 0 Å². The smallest absolute Gasteiger partial charge is 0.291 e. The summed E-state index contributed by atoms with van der Waals surface area (Å²) >= 11 is 0.953. The van der Waals surface area contributed by atoms with Gasteiger partial charge in [0, 0.05) is 6.42 Å². The van der Waals surface area contributed by atoms with Gasteiger partial charge < -0.3 is 5.73 Å². The van der Waals surface area contributed by atoms with E-state index in [1.807, 2.05) is 0 Å². The molecule has 1 rings (SSSR count). The van der Waals surface area contributed by atoms with Gasteiger partial charge >= 0.3 is 0 Å². The van der Waals surface area contributed by atoms with Crippen LogP contribution in [0.5, 0.6) is 0 Å². The average Bonchev–Trinajstić information content (AvgIpc) is 2.48. The Hall–Kier alpha value is -0.620. The lowest BCUT2D eigenvalue weighted by molar-refractivity contribution is 0.150. The number of hydrogen-bond donors (Lipinski definition) is 1. The van der Waals surface area contributed by atoms with Crippen LogP contribution in [0.2, 0.25) is 0 Å². The van der Waals surface area contributed by atoms with Crippen molar-refractivity contribution in [3.8, 4) is 0 Å². The maximum atomic E-state index is 12.0. The number of aryl methyl sites for hydroxylation is 1. The van der Waals surface area contributed by atoms with Crippen molar-refractivity contribution in [1.82, 2.24) is 10.2 Å². The highest BCUT2D eigenvalue weighted by molar-refractivity contribution is 7.11. The molecule has 0 aromatic carbocycles. The van der Waals surface area contributed by atoms with Crippen molar-refractivity contribution in [2.75, 3.05) is 6.54 Å². The highest BCUT2D eigenvalue weighted by Crippen LogP contribution is 2.22. The number of rotatable bonds is 4. The van der Waals surface area contributed by atoms with E-state index >= 15 is 0 Å². The second-order valence-corrected chi connectivity index (χ2v) is 3.32. The monoisotopic (exact) mass is 193 g/mol. The van der Waals surface area contributed by atoms with Crippen molar-refractivity contribution < 1.29 is 8.78 Å². The molecule has 0 saturated carbocycles. The van der Waals surface area contributed by atoms with Crippen LogP contribution < -0.4 is 5.73 Å². The quantitative estimate of drug-likeness (QED) is 0.785. The lowest BCUT2D eigenvalue weighted by atomic mass is 10.3. The molecule has 0 amide bonds. The van der Waals surface area contributed by atoms with Crippen LogP contribution in [0.25, 0.3) is 0 Å². The van der Waals surface area contributed by atoms with Crippen LogP contribution in [0.3, 0.4) is 0 Å². The van der Waals surface area contributed by atoms with Gasteiger partial charge in [-0.05, 0) is 13.0 Å². The maximum Gasteiger partial charge on any atom is 0.291 e. The Morgan fingerprint density at radius 1 is 1.42 bits per heavy atom. The van der Waals surface area contributed by atoms with Gasteiger partial charge in [0.15, 0.2) is 5.01 Å². The first-order valence-corrected chi connectivity index (χ1v) is 4.36. The SMILES string of the molecule is NCCCc1nnc(C(F)F)s1. The minimum Gasteiger partial charge on any atom is -0.330 e. The summed E-state index contributed by atoms with van der Waals surface area (Å²) < 4.78 is 24.0. The van der Waals surface area contributed by atoms with Gasteiger partial charge in [0.1, 0.15) is 5.01 Å². The van der Waals surface area contributed by atoms with Gasteiger partial charge in [-0.1, -0.05) is 11.3 Å². The molecule has 2 N–H and O–H groups in total. The van der Waals surface area contributed by atoms with E-state index in [9.17, 15) is 8.78 Å². The van der Waals surface area contributed by atoms with Crippen molar-refractivity contribution in [3.63, 3.8) is 0 Å². The van der Waals surface area contributed by atoms with E-state index in [0.717, 1.165) is 17.8 Å². The maximum absolute atomic E-state index is 12.0. The van der Waals surface area contributed by atoms with E-state index in [0.29, 0.717) is 18.0 Å². The normalized spacial score (nSPS) is 11.0. The first kappa shape index (κ1) is 9.47. The van der Waals surface area contributed by atoms with E-state index < -0.39 is 6.43 Å². The fourth-order valence-corrected chi connectivity index (χ4v) is 1.45. The van der Waals surface area contributed by atoms with Crippen LogP contribution in [0.1, 0.15) is 22.9 Å². The second kappa shape index (κ2) is 4.42. The van der Waals surface area contributed by atoms with Gasteiger partial charge in [-0.3, -0.25) is 0 Å². The van der Waals surface area contributed by atoms with Crippen molar-refractivity contribution >= 4 is 11.3 Å². The van der Waals surface area contributed by atoms with Crippen molar-refractivity contribution in [2.45, 2.75) is 19.3 Å². The molecule has 12 heavy (non-hydrogen) atoms. The summed E-state index contributed by atoms with van der Waals surface area (Å²) in [6.07, 6.45) is -1.10. The van der Waals surface area contributed by atoms with Crippen molar-refractivity contribution in [1.29, 1.82) is 0 Å². The third-order valence-corrected chi connectivity index (χ3v) is 2.25. The molecular formula is C6H9F2N3S. The van der Waals surface area contributed by atoms with Crippen molar-refractivity contribution in [3.05, 3.63) is 10.0 Å². The molecule has 6 heteroatoms. The van der Waals surface area contributed by atoms with E-state index in [-0.39, 0.29) is 5.01 Å². The molecule has 1 heterocycles. The van der Waals surface area contributed by atoms with E-state index in [1.54, 1.807) is 0 Å². The summed E-state index contributed by atoms with van der Waals surface area (Å²) in [5, 5.41) is 7.38. The van der Waals surface area contributed by atoms with Crippen LogP contribution in [-0.4, -0.2) is 16.7 Å². The van der Waals surface area contributed by atoms with E-state index in [2.05, 4.69) is 10.2 Å². The topological polar surface area (TPSA) is 51.8 Å². The Morgan fingerprint density at radius 3 is 2.67 bits per heavy atom. The van der Waals surface area contributed by atoms with Crippen LogP contribution >= 0.6 is 11.3 Å². The number of nitrogens with two attached hydrogens (primary N) is 1. The van der Waals surface area contributed by atoms with Gasteiger partial charge in [0.05, 0.1) is 0 Å². The zero-order valence-electron chi connectivity index (χ0n) is 6.33. The Labute approximate surface area is 72.6 Å². The molecule has 0 aliphatic rings. The predicted molar refractivity (Wildman–Crippen MR) is 42.2 cm³/mol. The van der Waals surface area contributed by atoms with Gasteiger partial charge in [-0.15, -0.1) is 10.2 Å². The molecule has 0 fully saturated rings. The van der Waals surface area contributed by atoms with E-state index in [1.165, 1.54) is 0 Å². The molecule has 0 aliphatic carbocycles. The highest BCUT2D eigenvalue weighted by atomic mass is 32.1. The first-order valence-electron chi connectivity index (χ1n) is 3.54. The molecule has 0 atom stereocenters. The lowest BCUT2D eigenvalue weighted by Crippen LogP contribution is -1.99. The molecule has 0 radical (unpaired) electrons. The summed E-state index contributed by atoms with van der Waals surface area (Å²) in [4.78, 5) is 0. The van der Waals surface area contributed by atoms with Crippen LogP contribution in [0.4, 0.5) is 8.78 Å². The third kappa shape index (κ3) is 2.46. The zero-order valence-corrected chi connectivity index (χ0v) is 7.15. The molecule has 0 bridgehead atoms. The number of halogens is 2. The summed E-state index contributed by atoms with van der Waals surface area (Å²) in [6, 6.07) is 0.